The summed E-state index contributed by atoms with van der Waals surface area (Å²) in [5.41, 5.74) is 9.69. The number of rotatable bonds is 8. The molecule has 1 saturated heterocycles. The number of nitrogen functional groups attached to an aromatic ring is 1. The van der Waals surface area contributed by atoms with Crippen molar-refractivity contribution in [2.75, 3.05) is 63.2 Å². The third-order valence-electron chi connectivity index (χ3n) is 6.48. The standard InChI is InChI=1S/C26H28Cl2N6O3/c27-21-14-31-15-22(28)20(21)16-37-18-1-2-23(29)19(12-18)25(30)17-11-24-26(32-13-17)36-10-7-34(24)4-3-33-5-8-35-9-6-33/h1-2,11-15,30H,3-10,16,29H2. The van der Waals surface area contributed by atoms with E-state index >= 15 is 0 Å². The maximum absolute atomic E-state index is 8.91. The molecule has 3 aromatic rings. The average Bonchev–Trinajstić information content (AvgIpc) is 2.92. The molecular weight excluding hydrogens is 515 g/mol. The quantitative estimate of drug-likeness (QED) is 0.326. The van der Waals surface area contributed by atoms with E-state index in [9.17, 15) is 0 Å². The topological polar surface area (TPSA) is 110 Å². The molecule has 0 radical (unpaired) electrons. The van der Waals surface area contributed by atoms with Crippen LogP contribution >= 0.6 is 23.2 Å². The number of hydrogen-bond donors (Lipinski definition) is 2. The first-order chi connectivity index (χ1) is 18.0. The highest BCUT2D eigenvalue weighted by Gasteiger charge is 2.23. The van der Waals surface area contributed by atoms with E-state index in [-0.39, 0.29) is 12.3 Å². The minimum absolute atomic E-state index is 0.159. The zero-order valence-electron chi connectivity index (χ0n) is 20.3. The average molecular weight is 543 g/mol. The molecule has 0 spiro atoms. The summed E-state index contributed by atoms with van der Waals surface area (Å²) in [4.78, 5) is 13.1. The first-order valence-electron chi connectivity index (χ1n) is 12.1. The van der Waals surface area contributed by atoms with Gasteiger partial charge in [-0.15, -0.1) is 0 Å². The third kappa shape index (κ3) is 5.91. The number of anilines is 2. The Morgan fingerprint density at radius 2 is 1.81 bits per heavy atom. The smallest absolute Gasteiger partial charge is 0.237 e. The zero-order valence-corrected chi connectivity index (χ0v) is 21.8. The Balaban J connectivity index is 1.33. The van der Waals surface area contributed by atoms with Gasteiger partial charge in [0.1, 0.15) is 24.7 Å². The molecule has 2 aliphatic rings. The Morgan fingerprint density at radius 3 is 2.59 bits per heavy atom. The van der Waals surface area contributed by atoms with Gasteiger partial charge in [0.15, 0.2) is 0 Å². The maximum atomic E-state index is 8.91. The number of morpholine rings is 1. The lowest BCUT2D eigenvalue weighted by molar-refractivity contribution is 0.0390. The van der Waals surface area contributed by atoms with Gasteiger partial charge in [-0.3, -0.25) is 15.3 Å². The zero-order chi connectivity index (χ0) is 25.8. The predicted octanol–water partition coefficient (Wildman–Crippen LogP) is 3.89. The molecule has 0 unspecified atom stereocenters. The van der Waals surface area contributed by atoms with Crippen molar-refractivity contribution >= 4 is 40.3 Å². The van der Waals surface area contributed by atoms with Gasteiger partial charge in [0.2, 0.25) is 5.88 Å². The minimum Gasteiger partial charge on any atom is -0.489 e. The highest BCUT2D eigenvalue weighted by atomic mass is 35.5. The van der Waals surface area contributed by atoms with Crippen molar-refractivity contribution in [3.8, 4) is 11.6 Å². The highest BCUT2D eigenvalue weighted by molar-refractivity contribution is 6.35. The lowest BCUT2D eigenvalue weighted by Crippen LogP contribution is -2.43. The molecule has 5 rings (SSSR count). The summed E-state index contributed by atoms with van der Waals surface area (Å²) in [7, 11) is 0. The molecule has 1 aromatic carbocycles. The molecule has 9 nitrogen and oxygen atoms in total. The molecule has 0 bridgehead atoms. The molecule has 2 aromatic heterocycles. The van der Waals surface area contributed by atoms with Crippen LogP contribution < -0.4 is 20.1 Å². The normalized spacial score (nSPS) is 15.7. The number of benzene rings is 1. The number of nitrogens with zero attached hydrogens (tertiary/aromatic N) is 4. The highest BCUT2D eigenvalue weighted by Crippen LogP contribution is 2.32. The van der Waals surface area contributed by atoms with Crippen LogP contribution in [0.4, 0.5) is 11.4 Å². The van der Waals surface area contributed by atoms with Gasteiger partial charge in [-0.05, 0) is 24.3 Å². The lowest BCUT2D eigenvalue weighted by atomic mass is 10.0. The lowest BCUT2D eigenvalue weighted by Gasteiger charge is -2.34. The summed E-state index contributed by atoms with van der Waals surface area (Å²) in [6, 6.07) is 7.17. The van der Waals surface area contributed by atoms with Crippen molar-refractivity contribution in [1.29, 1.82) is 5.41 Å². The molecule has 0 atom stereocenters. The van der Waals surface area contributed by atoms with Gasteiger partial charge in [-0.1, -0.05) is 23.2 Å². The summed E-state index contributed by atoms with van der Waals surface area (Å²) >= 11 is 12.4. The van der Waals surface area contributed by atoms with Crippen LogP contribution in [0.2, 0.25) is 10.0 Å². The number of aromatic nitrogens is 2. The van der Waals surface area contributed by atoms with E-state index in [0.717, 1.165) is 51.6 Å². The van der Waals surface area contributed by atoms with Gasteiger partial charge in [-0.25, -0.2) is 4.98 Å². The van der Waals surface area contributed by atoms with Gasteiger partial charge in [0.05, 0.1) is 35.5 Å². The van der Waals surface area contributed by atoms with Crippen molar-refractivity contribution in [3.05, 3.63) is 69.6 Å². The fourth-order valence-corrected chi connectivity index (χ4v) is 4.81. The van der Waals surface area contributed by atoms with Gasteiger partial charge in [0.25, 0.3) is 0 Å². The summed E-state index contributed by atoms with van der Waals surface area (Å²) in [6.07, 6.45) is 4.69. The van der Waals surface area contributed by atoms with Crippen LogP contribution in [0.3, 0.4) is 0 Å². The van der Waals surface area contributed by atoms with E-state index in [4.69, 9.17) is 48.6 Å². The van der Waals surface area contributed by atoms with E-state index in [2.05, 4.69) is 19.8 Å². The van der Waals surface area contributed by atoms with Crippen molar-refractivity contribution < 1.29 is 14.2 Å². The summed E-state index contributed by atoms with van der Waals surface area (Å²) in [5, 5.41) is 9.77. The van der Waals surface area contributed by atoms with Gasteiger partial charge in [0, 0.05) is 67.1 Å². The van der Waals surface area contributed by atoms with Crippen molar-refractivity contribution in [2.45, 2.75) is 6.61 Å². The molecule has 2 aliphatic heterocycles. The molecule has 0 aliphatic carbocycles. The molecule has 0 amide bonds. The van der Waals surface area contributed by atoms with E-state index < -0.39 is 0 Å². The number of pyridine rings is 2. The molecule has 37 heavy (non-hydrogen) atoms. The fourth-order valence-electron chi connectivity index (χ4n) is 4.34. The van der Waals surface area contributed by atoms with Crippen LogP contribution in [0.5, 0.6) is 11.6 Å². The molecule has 194 valence electrons. The van der Waals surface area contributed by atoms with Gasteiger partial charge < -0.3 is 24.8 Å². The number of ether oxygens (including phenoxy) is 3. The maximum Gasteiger partial charge on any atom is 0.237 e. The Hall–Kier alpha value is -3.11. The molecule has 3 N–H and O–H groups in total. The minimum atomic E-state index is 0.159. The predicted molar refractivity (Wildman–Crippen MR) is 145 cm³/mol. The van der Waals surface area contributed by atoms with E-state index in [1.807, 2.05) is 6.07 Å². The molecular formula is C26H28Cl2N6O3. The second-order valence-corrected chi connectivity index (χ2v) is 9.65. The number of nitrogens with two attached hydrogens (primary N) is 1. The fraction of sp³-hybridized carbons (Fsp3) is 0.346. The Labute approximate surface area is 225 Å². The number of fused-ring (bicyclic) bond motifs is 1. The summed E-state index contributed by atoms with van der Waals surface area (Å²) in [6.45, 7) is 6.72. The number of halogens is 2. The van der Waals surface area contributed by atoms with Crippen LogP contribution in [-0.4, -0.2) is 73.1 Å². The van der Waals surface area contributed by atoms with Crippen molar-refractivity contribution in [1.82, 2.24) is 14.9 Å². The summed E-state index contributed by atoms with van der Waals surface area (Å²) in [5.74, 6) is 1.13. The largest absolute Gasteiger partial charge is 0.489 e. The van der Waals surface area contributed by atoms with Crippen LogP contribution in [0.25, 0.3) is 0 Å². The Morgan fingerprint density at radius 1 is 1.03 bits per heavy atom. The van der Waals surface area contributed by atoms with E-state index in [0.29, 0.717) is 50.7 Å². The third-order valence-corrected chi connectivity index (χ3v) is 7.13. The summed E-state index contributed by atoms with van der Waals surface area (Å²) < 4.78 is 17.2. The van der Waals surface area contributed by atoms with Gasteiger partial charge in [-0.2, -0.15) is 0 Å². The van der Waals surface area contributed by atoms with Crippen molar-refractivity contribution in [3.63, 3.8) is 0 Å². The molecule has 1 fully saturated rings. The molecule has 11 heteroatoms. The van der Waals surface area contributed by atoms with E-state index in [1.165, 1.54) is 12.4 Å². The van der Waals surface area contributed by atoms with Crippen LogP contribution in [0.1, 0.15) is 16.7 Å². The van der Waals surface area contributed by atoms with Crippen LogP contribution in [0, 0.1) is 5.41 Å². The molecule has 0 saturated carbocycles. The second kappa shape index (κ2) is 11.5. The van der Waals surface area contributed by atoms with Crippen molar-refractivity contribution in [2.24, 2.45) is 0 Å². The van der Waals surface area contributed by atoms with Gasteiger partial charge >= 0.3 is 0 Å². The Kier molecular flexibility index (Phi) is 7.95. The first kappa shape index (κ1) is 25.5. The number of nitrogens with one attached hydrogen (secondary N) is 1. The second-order valence-electron chi connectivity index (χ2n) is 8.83. The Bertz CT molecular complexity index is 1260. The SMILES string of the molecule is N=C(c1cnc2c(c1)N(CCN1CCOCC1)CCO2)c1cc(OCc2c(Cl)cncc2Cl)ccc1N. The van der Waals surface area contributed by atoms with Crippen LogP contribution in [-0.2, 0) is 11.3 Å². The first-order valence-corrected chi connectivity index (χ1v) is 12.8. The van der Waals surface area contributed by atoms with Crippen LogP contribution in [0.15, 0.2) is 42.9 Å². The monoisotopic (exact) mass is 542 g/mol. The van der Waals surface area contributed by atoms with E-state index in [1.54, 1.807) is 24.4 Å². The number of hydrogen-bond acceptors (Lipinski definition) is 9. The molecule has 4 heterocycles.